The van der Waals surface area contributed by atoms with Crippen molar-refractivity contribution in [1.29, 1.82) is 0 Å². The normalized spacial score (nSPS) is 35.3. The van der Waals surface area contributed by atoms with Gasteiger partial charge in [-0.1, -0.05) is 13.8 Å². The Labute approximate surface area is 81.5 Å². The van der Waals surface area contributed by atoms with Crippen molar-refractivity contribution >= 4 is 0 Å². The molecule has 78 valence electrons. The van der Waals surface area contributed by atoms with Crippen molar-refractivity contribution in [3.63, 3.8) is 0 Å². The molecule has 1 aliphatic rings. The third-order valence-corrected chi connectivity index (χ3v) is 3.51. The summed E-state index contributed by atoms with van der Waals surface area (Å²) in [4.78, 5) is 0. The topological polar surface area (TPSA) is 46.2 Å². The number of aliphatic hydroxyl groups is 1. The zero-order chi connectivity index (χ0) is 9.90. The van der Waals surface area contributed by atoms with E-state index in [1.54, 1.807) is 0 Å². The summed E-state index contributed by atoms with van der Waals surface area (Å²) in [5, 5.41) is 10.1. The molecule has 3 N–H and O–H groups in total. The first-order valence-electron chi connectivity index (χ1n) is 5.50. The van der Waals surface area contributed by atoms with Gasteiger partial charge in [-0.05, 0) is 50.5 Å². The molecule has 1 saturated carbocycles. The van der Waals surface area contributed by atoms with Crippen molar-refractivity contribution in [2.45, 2.75) is 51.6 Å². The molecule has 1 aliphatic carbocycles. The van der Waals surface area contributed by atoms with E-state index in [0.717, 1.165) is 31.1 Å². The fourth-order valence-corrected chi connectivity index (χ4v) is 2.36. The van der Waals surface area contributed by atoms with E-state index < -0.39 is 5.60 Å². The highest BCUT2D eigenvalue weighted by Gasteiger charge is 2.33. The number of nitrogens with two attached hydrogens (primary N) is 1. The summed E-state index contributed by atoms with van der Waals surface area (Å²) in [6.45, 7) is 5.17. The average molecular weight is 185 g/mol. The fraction of sp³-hybridized carbons (Fsp3) is 1.00. The van der Waals surface area contributed by atoms with Gasteiger partial charge in [0.15, 0.2) is 0 Å². The lowest BCUT2D eigenvalue weighted by molar-refractivity contribution is -0.0198. The van der Waals surface area contributed by atoms with Crippen molar-refractivity contribution in [1.82, 2.24) is 0 Å². The van der Waals surface area contributed by atoms with Crippen LogP contribution in [0.1, 0.15) is 46.0 Å². The largest absolute Gasteiger partial charge is 0.390 e. The molecule has 0 unspecified atom stereocenters. The van der Waals surface area contributed by atoms with Gasteiger partial charge < -0.3 is 10.8 Å². The molecule has 1 rings (SSSR count). The molecule has 0 aromatic heterocycles. The van der Waals surface area contributed by atoms with Crippen molar-refractivity contribution in [2.75, 3.05) is 6.54 Å². The lowest BCUT2D eigenvalue weighted by atomic mass is 9.73. The van der Waals surface area contributed by atoms with Crippen LogP contribution in [0.4, 0.5) is 0 Å². The molecule has 1 fully saturated rings. The first-order valence-corrected chi connectivity index (χ1v) is 5.50. The summed E-state index contributed by atoms with van der Waals surface area (Å²) in [5.74, 6) is 1.58. The molecule has 2 nitrogen and oxygen atoms in total. The summed E-state index contributed by atoms with van der Waals surface area (Å²) in [5.41, 5.74) is 5.05. The average Bonchev–Trinajstić information content (AvgIpc) is 2.05. The van der Waals surface area contributed by atoms with Crippen LogP contribution in [0.3, 0.4) is 0 Å². The molecule has 0 amide bonds. The summed E-state index contributed by atoms with van der Waals surface area (Å²) in [6.07, 6.45) is 5.03. The lowest BCUT2D eigenvalue weighted by Crippen LogP contribution is -2.37. The minimum Gasteiger partial charge on any atom is -0.390 e. The molecule has 0 aromatic rings. The molecule has 0 aliphatic heterocycles. The Morgan fingerprint density at radius 2 is 1.92 bits per heavy atom. The van der Waals surface area contributed by atoms with E-state index in [0.29, 0.717) is 6.54 Å². The molecule has 0 spiro atoms. The van der Waals surface area contributed by atoms with E-state index in [4.69, 9.17) is 5.73 Å². The second-order valence-corrected chi connectivity index (χ2v) is 4.84. The molecule has 0 bridgehead atoms. The monoisotopic (exact) mass is 185 g/mol. The standard InChI is InChI=1S/C11H23NO/c1-9(2)10-3-5-11(13,6-4-10)7-8-12/h9-10,13H,3-8,12H2,1-2H3. The first-order chi connectivity index (χ1) is 6.07. The predicted molar refractivity (Wildman–Crippen MR) is 55.4 cm³/mol. The van der Waals surface area contributed by atoms with Gasteiger partial charge >= 0.3 is 0 Å². The van der Waals surface area contributed by atoms with Crippen LogP contribution in [0.2, 0.25) is 0 Å². The van der Waals surface area contributed by atoms with Gasteiger partial charge in [0.2, 0.25) is 0 Å². The Morgan fingerprint density at radius 3 is 2.31 bits per heavy atom. The maximum Gasteiger partial charge on any atom is 0.0660 e. The molecule has 0 atom stereocenters. The minimum absolute atomic E-state index is 0.430. The smallest absolute Gasteiger partial charge is 0.0660 e. The van der Waals surface area contributed by atoms with Crippen LogP contribution in [0.5, 0.6) is 0 Å². The zero-order valence-electron chi connectivity index (χ0n) is 8.92. The van der Waals surface area contributed by atoms with Gasteiger partial charge in [-0.15, -0.1) is 0 Å². The third-order valence-electron chi connectivity index (χ3n) is 3.51. The first kappa shape index (κ1) is 11.0. The van der Waals surface area contributed by atoms with Gasteiger partial charge in [-0.25, -0.2) is 0 Å². The van der Waals surface area contributed by atoms with Crippen molar-refractivity contribution in [3.8, 4) is 0 Å². The highest BCUT2D eigenvalue weighted by Crippen LogP contribution is 2.37. The van der Waals surface area contributed by atoms with Gasteiger partial charge in [0.1, 0.15) is 0 Å². The van der Waals surface area contributed by atoms with E-state index in [1.807, 2.05) is 0 Å². The zero-order valence-corrected chi connectivity index (χ0v) is 8.92. The molecule has 2 heteroatoms. The van der Waals surface area contributed by atoms with E-state index in [9.17, 15) is 5.11 Å². The quantitative estimate of drug-likeness (QED) is 0.705. The van der Waals surface area contributed by atoms with Gasteiger partial charge in [-0.3, -0.25) is 0 Å². The van der Waals surface area contributed by atoms with E-state index in [2.05, 4.69) is 13.8 Å². The summed E-state index contributed by atoms with van der Waals surface area (Å²) in [7, 11) is 0. The Kier molecular flexibility index (Phi) is 3.74. The van der Waals surface area contributed by atoms with Gasteiger partial charge in [0.05, 0.1) is 5.60 Å². The molecule has 0 aromatic carbocycles. The maximum absolute atomic E-state index is 10.1. The van der Waals surface area contributed by atoms with Crippen LogP contribution in [-0.4, -0.2) is 17.3 Å². The number of rotatable bonds is 3. The molecule has 0 radical (unpaired) electrons. The molecular formula is C11H23NO. The SMILES string of the molecule is CC(C)C1CCC(O)(CCN)CC1. The van der Waals surface area contributed by atoms with Gasteiger partial charge in [0.25, 0.3) is 0 Å². The van der Waals surface area contributed by atoms with E-state index >= 15 is 0 Å². The molecule has 13 heavy (non-hydrogen) atoms. The summed E-state index contributed by atoms with van der Waals surface area (Å²) < 4.78 is 0. The van der Waals surface area contributed by atoms with Crippen LogP contribution >= 0.6 is 0 Å². The number of hydrogen-bond donors (Lipinski definition) is 2. The van der Waals surface area contributed by atoms with Crippen LogP contribution in [0, 0.1) is 11.8 Å². The van der Waals surface area contributed by atoms with Crippen LogP contribution in [-0.2, 0) is 0 Å². The Balaban J connectivity index is 2.37. The van der Waals surface area contributed by atoms with Crippen LogP contribution in [0.15, 0.2) is 0 Å². The van der Waals surface area contributed by atoms with Crippen LogP contribution in [0.25, 0.3) is 0 Å². The molecule has 0 heterocycles. The summed E-state index contributed by atoms with van der Waals surface area (Å²) >= 11 is 0. The fourth-order valence-electron chi connectivity index (χ4n) is 2.36. The highest BCUT2D eigenvalue weighted by molar-refractivity contribution is 4.86. The second kappa shape index (κ2) is 4.43. The Morgan fingerprint density at radius 1 is 1.38 bits per heavy atom. The maximum atomic E-state index is 10.1. The molecule has 0 saturated heterocycles. The lowest BCUT2D eigenvalue weighted by Gasteiger charge is -2.37. The number of hydrogen-bond acceptors (Lipinski definition) is 2. The predicted octanol–water partition coefficient (Wildman–Crippen LogP) is 1.91. The third kappa shape index (κ3) is 2.96. The van der Waals surface area contributed by atoms with Crippen molar-refractivity contribution < 1.29 is 5.11 Å². The minimum atomic E-state index is -0.430. The van der Waals surface area contributed by atoms with E-state index in [-0.39, 0.29) is 0 Å². The van der Waals surface area contributed by atoms with Gasteiger partial charge in [-0.2, -0.15) is 0 Å². The Bertz CT molecular complexity index is 148. The second-order valence-electron chi connectivity index (χ2n) is 4.84. The highest BCUT2D eigenvalue weighted by atomic mass is 16.3. The summed E-state index contributed by atoms with van der Waals surface area (Å²) in [6, 6.07) is 0. The van der Waals surface area contributed by atoms with Crippen molar-refractivity contribution in [2.24, 2.45) is 17.6 Å². The molecular weight excluding hydrogens is 162 g/mol. The van der Waals surface area contributed by atoms with E-state index in [1.165, 1.54) is 12.8 Å². The Hall–Kier alpha value is -0.0800. The van der Waals surface area contributed by atoms with Crippen LogP contribution < -0.4 is 5.73 Å². The van der Waals surface area contributed by atoms with Crippen molar-refractivity contribution in [3.05, 3.63) is 0 Å². The van der Waals surface area contributed by atoms with Gasteiger partial charge in [0, 0.05) is 0 Å².